The van der Waals surface area contributed by atoms with E-state index in [-0.39, 0.29) is 18.3 Å². The molecule has 118 valence electrons. The van der Waals surface area contributed by atoms with Crippen molar-refractivity contribution in [2.45, 2.75) is 25.2 Å². The molecule has 0 aromatic heterocycles. The van der Waals surface area contributed by atoms with Crippen molar-refractivity contribution < 1.29 is 9.18 Å². The summed E-state index contributed by atoms with van der Waals surface area (Å²) in [7, 11) is 2.14. The number of amides is 1. The first-order valence-corrected chi connectivity index (χ1v) is 8.06. The van der Waals surface area contributed by atoms with E-state index in [2.05, 4.69) is 18.0 Å². The lowest BCUT2D eigenvalue weighted by molar-refractivity contribution is 0.0755. The molecule has 1 saturated heterocycles. The summed E-state index contributed by atoms with van der Waals surface area (Å²) in [5.74, 6) is 0.225. The maximum Gasteiger partial charge on any atom is 0.254 e. The van der Waals surface area contributed by atoms with Gasteiger partial charge in [0.1, 0.15) is 5.83 Å². The third-order valence-corrected chi connectivity index (χ3v) is 4.62. The molecule has 1 amide bonds. The maximum atomic E-state index is 13.4. The van der Waals surface area contributed by atoms with Crippen LogP contribution in [0.25, 0.3) is 0 Å². The molecule has 1 aromatic carbocycles. The standard InChI is InChI=1S/C18H23FN2O/c1-20-9-3-7-16(12-20)14-5-2-6-15(11-14)18(22)21-10-4-8-17(19)13-21/h2,5-6,8,11,16H,3-4,7,9-10,12-13H2,1H3. The Balaban J connectivity index is 1.76. The zero-order valence-corrected chi connectivity index (χ0v) is 13.1. The van der Waals surface area contributed by atoms with Gasteiger partial charge in [0, 0.05) is 18.7 Å². The first kappa shape index (κ1) is 15.2. The van der Waals surface area contributed by atoms with Crippen LogP contribution in [0, 0.1) is 0 Å². The smallest absolute Gasteiger partial charge is 0.254 e. The lowest BCUT2D eigenvalue weighted by Gasteiger charge is -2.30. The summed E-state index contributed by atoms with van der Waals surface area (Å²) >= 11 is 0. The molecule has 3 rings (SSSR count). The quantitative estimate of drug-likeness (QED) is 0.837. The molecule has 0 N–H and O–H groups in total. The number of carbonyl (C=O) groups is 1. The predicted molar refractivity (Wildman–Crippen MR) is 85.6 cm³/mol. The van der Waals surface area contributed by atoms with E-state index in [1.807, 2.05) is 18.2 Å². The van der Waals surface area contributed by atoms with Gasteiger partial charge in [-0.1, -0.05) is 12.1 Å². The summed E-state index contributed by atoms with van der Waals surface area (Å²) in [6.07, 6.45) is 4.54. The van der Waals surface area contributed by atoms with Crippen LogP contribution in [-0.2, 0) is 0 Å². The zero-order valence-electron chi connectivity index (χ0n) is 13.1. The summed E-state index contributed by atoms with van der Waals surface area (Å²) in [6.45, 7) is 2.89. The number of likely N-dealkylation sites (N-methyl/N-ethyl adjacent to an activating group) is 1. The summed E-state index contributed by atoms with van der Waals surface area (Å²) in [4.78, 5) is 16.5. The van der Waals surface area contributed by atoms with Gasteiger partial charge in [0.25, 0.3) is 5.91 Å². The summed E-state index contributed by atoms with van der Waals surface area (Å²) in [5, 5.41) is 0. The topological polar surface area (TPSA) is 23.6 Å². The van der Waals surface area contributed by atoms with Gasteiger partial charge in [0.15, 0.2) is 0 Å². The first-order valence-electron chi connectivity index (χ1n) is 8.06. The van der Waals surface area contributed by atoms with Gasteiger partial charge in [-0.25, -0.2) is 4.39 Å². The molecule has 1 unspecified atom stereocenters. The van der Waals surface area contributed by atoms with E-state index in [9.17, 15) is 9.18 Å². The van der Waals surface area contributed by atoms with Gasteiger partial charge in [-0.15, -0.1) is 0 Å². The van der Waals surface area contributed by atoms with Gasteiger partial charge in [0.2, 0.25) is 0 Å². The third kappa shape index (κ3) is 3.38. The molecule has 2 heterocycles. The lowest BCUT2D eigenvalue weighted by Crippen LogP contribution is -2.35. The van der Waals surface area contributed by atoms with Gasteiger partial charge in [0.05, 0.1) is 6.54 Å². The minimum Gasteiger partial charge on any atom is -0.332 e. The molecular formula is C18H23FN2O. The van der Waals surface area contributed by atoms with Crippen molar-refractivity contribution in [1.29, 1.82) is 0 Å². The van der Waals surface area contributed by atoms with Gasteiger partial charge < -0.3 is 9.80 Å². The Kier molecular flexibility index (Phi) is 4.57. The first-order chi connectivity index (χ1) is 10.6. The normalized spacial score (nSPS) is 23.3. The number of carbonyl (C=O) groups excluding carboxylic acids is 1. The van der Waals surface area contributed by atoms with Crippen LogP contribution < -0.4 is 0 Å². The molecule has 2 aliphatic rings. The second-order valence-corrected chi connectivity index (χ2v) is 6.39. The molecule has 1 fully saturated rings. The largest absolute Gasteiger partial charge is 0.332 e. The van der Waals surface area contributed by atoms with Crippen molar-refractivity contribution in [3.8, 4) is 0 Å². The molecule has 0 saturated carbocycles. The van der Waals surface area contributed by atoms with Crippen LogP contribution in [0.15, 0.2) is 36.2 Å². The molecule has 3 nitrogen and oxygen atoms in total. The van der Waals surface area contributed by atoms with Crippen LogP contribution in [0.2, 0.25) is 0 Å². The minimum absolute atomic E-state index is 0.0609. The van der Waals surface area contributed by atoms with Crippen LogP contribution in [0.4, 0.5) is 4.39 Å². The highest BCUT2D eigenvalue weighted by Gasteiger charge is 2.22. The van der Waals surface area contributed by atoms with E-state index in [0.717, 1.165) is 13.1 Å². The Labute approximate surface area is 131 Å². The second-order valence-electron chi connectivity index (χ2n) is 6.39. The highest BCUT2D eigenvalue weighted by molar-refractivity contribution is 5.94. The number of likely N-dealkylation sites (tertiary alicyclic amines) is 1. The van der Waals surface area contributed by atoms with E-state index in [1.165, 1.54) is 18.4 Å². The zero-order chi connectivity index (χ0) is 15.5. The van der Waals surface area contributed by atoms with Crippen molar-refractivity contribution in [1.82, 2.24) is 9.80 Å². The van der Waals surface area contributed by atoms with Crippen molar-refractivity contribution in [3.63, 3.8) is 0 Å². The number of halogens is 1. The van der Waals surface area contributed by atoms with Crippen LogP contribution in [0.3, 0.4) is 0 Å². The van der Waals surface area contributed by atoms with Crippen molar-refractivity contribution in [3.05, 3.63) is 47.3 Å². The SMILES string of the molecule is CN1CCCC(c2cccc(C(=O)N3CCC=C(F)C3)c2)C1. The second kappa shape index (κ2) is 6.61. The molecule has 1 atom stereocenters. The van der Waals surface area contributed by atoms with E-state index in [1.54, 1.807) is 11.0 Å². The Morgan fingerprint density at radius 2 is 2.18 bits per heavy atom. The van der Waals surface area contributed by atoms with E-state index >= 15 is 0 Å². The predicted octanol–water partition coefficient (Wildman–Crippen LogP) is 3.20. The van der Waals surface area contributed by atoms with Gasteiger partial charge in [-0.3, -0.25) is 4.79 Å². The van der Waals surface area contributed by atoms with Crippen LogP contribution in [-0.4, -0.2) is 48.9 Å². The van der Waals surface area contributed by atoms with E-state index in [4.69, 9.17) is 0 Å². The summed E-state index contributed by atoms with van der Waals surface area (Å²) in [5.41, 5.74) is 1.91. The van der Waals surface area contributed by atoms with E-state index in [0.29, 0.717) is 24.4 Å². The fraction of sp³-hybridized carbons (Fsp3) is 0.500. The molecule has 0 radical (unpaired) electrons. The van der Waals surface area contributed by atoms with Crippen molar-refractivity contribution in [2.24, 2.45) is 0 Å². The van der Waals surface area contributed by atoms with Crippen LogP contribution >= 0.6 is 0 Å². The Bertz CT molecular complexity index is 584. The molecule has 1 aromatic rings. The number of rotatable bonds is 2. The Hall–Kier alpha value is -1.68. The van der Waals surface area contributed by atoms with Crippen LogP contribution in [0.1, 0.15) is 41.1 Å². The number of nitrogens with zero attached hydrogens (tertiary/aromatic N) is 2. The molecule has 4 heteroatoms. The lowest BCUT2D eigenvalue weighted by atomic mass is 9.90. The van der Waals surface area contributed by atoms with Gasteiger partial charge in [-0.2, -0.15) is 0 Å². The molecule has 0 spiro atoms. The summed E-state index contributed by atoms with van der Waals surface area (Å²) < 4.78 is 13.4. The van der Waals surface area contributed by atoms with Gasteiger partial charge in [-0.05, 0) is 62.5 Å². The number of hydrogen-bond donors (Lipinski definition) is 0. The number of hydrogen-bond acceptors (Lipinski definition) is 2. The molecule has 2 aliphatic heterocycles. The average molecular weight is 302 g/mol. The monoisotopic (exact) mass is 302 g/mol. The fourth-order valence-electron chi connectivity index (χ4n) is 3.42. The number of benzene rings is 1. The fourth-order valence-corrected chi connectivity index (χ4v) is 3.42. The highest BCUT2D eigenvalue weighted by atomic mass is 19.1. The Morgan fingerprint density at radius 3 is 2.95 bits per heavy atom. The molecule has 0 aliphatic carbocycles. The van der Waals surface area contributed by atoms with Crippen molar-refractivity contribution >= 4 is 5.91 Å². The molecule has 0 bridgehead atoms. The van der Waals surface area contributed by atoms with Crippen LogP contribution in [0.5, 0.6) is 0 Å². The maximum absolute atomic E-state index is 13.4. The third-order valence-electron chi connectivity index (χ3n) is 4.62. The highest BCUT2D eigenvalue weighted by Crippen LogP contribution is 2.27. The number of piperidine rings is 1. The summed E-state index contributed by atoms with van der Waals surface area (Å²) in [6, 6.07) is 7.90. The minimum atomic E-state index is -0.204. The van der Waals surface area contributed by atoms with E-state index < -0.39 is 0 Å². The Morgan fingerprint density at radius 1 is 1.32 bits per heavy atom. The van der Waals surface area contributed by atoms with Gasteiger partial charge >= 0.3 is 0 Å². The van der Waals surface area contributed by atoms with Crippen molar-refractivity contribution in [2.75, 3.05) is 33.2 Å². The average Bonchev–Trinajstić information content (AvgIpc) is 2.54. The molecular weight excluding hydrogens is 279 g/mol. The molecule has 22 heavy (non-hydrogen) atoms.